The number of ketones is 1. The van der Waals surface area contributed by atoms with Crippen molar-refractivity contribution in [2.75, 3.05) is 6.54 Å². The summed E-state index contributed by atoms with van der Waals surface area (Å²) < 4.78 is 7.05. The van der Waals surface area contributed by atoms with Crippen LogP contribution in [0.25, 0.3) is 0 Å². The zero-order valence-electron chi connectivity index (χ0n) is 22.6. The Morgan fingerprint density at radius 2 is 1.86 bits per heavy atom. The summed E-state index contributed by atoms with van der Waals surface area (Å²) in [5, 5.41) is 0. The zero-order valence-corrected chi connectivity index (χ0v) is 22.6. The van der Waals surface area contributed by atoms with Crippen molar-refractivity contribution in [2.45, 2.75) is 129 Å². The van der Waals surface area contributed by atoms with E-state index < -0.39 is 0 Å². The van der Waals surface area contributed by atoms with Crippen LogP contribution in [0, 0.1) is 35.0 Å². The van der Waals surface area contributed by atoms with Gasteiger partial charge in [-0.05, 0) is 87.4 Å². The molecule has 35 heavy (non-hydrogen) atoms. The van der Waals surface area contributed by atoms with Crippen LogP contribution in [0.3, 0.4) is 0 Å². The summed E-state index contributed by atoms with van der Waals surface area (Å²) in [6.07, 6.45) is 11.9. The first-order valence-electron chi connectivity index (χ1n) is 14.6. The number of piperidine rings is 1. The van der Waals surface area contributed by atoms with E-state index in [1.165, 1.54) is 31.4 Å². The molecule has 5 nitrogen and oxygen atoms in total. The van der Waals surface area contributed by atoms with Crippen molar-refractivity contribution in [3.05, 3.63) is 0 Å². The maximum absolute atomic E-state index is 12.6. The number of likely N-dealkylation sites (tertiary alicyclic amines) is 1. The predicted octanol–water partition coefficient (Wildman–Crippen LogP) is 5.60. The van der Waals surface area contributed by atoms with Gasteiger partial charge in [-0.15, -0.1) is 0 Å². The minimum atomic E-state index is -0.196. The van der Waals surface area contributed by atoms with Crippen LogP contribution in [-0.4, -0.2) is 52.1 Å². The number of carbonyl (C=O) groups excluding carboxylic acids is 2. The second kappa shape index (κ2) is 8.13. The number of carbonyl (C=O) groups is 2. The fourth-order valence-corrected chi connectivity index (χ4v) is 10.4. The van der Waals surface area contributed by atoms with Gasteiger partial charge < -0.3 is 9.64 Å². The fraction of sp³-hybridized carbons (Fsp3) is 0.900. The highest BCUT2D eigenvalue weighted by molar-refractivity contribution is 5.84. The molecule has 3 heterocycles. The van der Waals surface area contributed by atoms with Crippen molar-refractivity contribution < 1.29 is 14.3 Å². The van der Waals surface area contributed by atoms with Gasteiger partial charge in [-0.3, -0.25) is 14.6 Å². The van der Waals surface area contributed by atoms with Gasteiger partial charge in [-0.2, -0.15) is 0 Å². The second-order valence-corrected chi connectivity index (χ2v) is 13.9. The van der Waals surface area contributed by atoms with Gasteiger partial charge in [0.2, 0.25) is 5.91 Å². The minimum absolute atomic E-state index is 0.0753. The normalized spacial score (nSPS) is 51.6. The van der Waals surface area contributed by atoms with Crippen molar-refractivity contribution in [3.63, 3.8) is 0 Å². The summed E-state index contributed by atoms with van der Waals surface area (Å²) >= 11 is 0. The maximum atomic E-state index is 12.6. The number of Topliss-reactive ketones (excluding diaryl/α,β-unsaturated/α-hetero) is 1. The number of fused-ring (bicyclic) bond motifs is 3. The van der Waals surface area contributed by atoms with Crippen LogP contribution in [-0.2, 0) is 14.3 Å². The molecule has 5 fully saturated rings. The third-order valence-corrected chi connectivity index (χ3v) is 12.0. The summed E-state index contributed by atoms with van der Waals surface area (Å²) in [7, 11) is 0. The molecule has 194 valence electrons. The van der Waals surface area contributed by atoms with E-state index in [-0.39, 0.29) is 34.6 Å². The second-order valence-electron chi connectivity index (χ2n) is 13.9. The largest absolute Gasteiger partial charge is 0.369 e. The molecule has 6 aliphatic rings. The van der Waals surface area contributed by atoms with Crippen LogP contribution < -0.4 is 0 Å². The quantitative estimate of drug-likeness (QED) is 0.452. The lowest BCUT2D eigenvalue weighted by molar-refractivity contribution is -0.137. The summed E-state index contributed by atoms with van der Waals surface area (Å²) in [6, 6.07) is 0.204. The van der Waals surface area contributed by atoms with E-state index >= 15 is 0 Å². The Balaban J connectivity index is 1.32. The van der Waals surface area contributed by atoms with Crippen LogP contribution >= 0.6 is 0 Å². The van der Waals surface area contributed by atoms with Gasteiger partial charge in [0.15, 0.2) is 0 Å². The Hall–Kier alpha value is -1.23. The number of nitrogens with zero attached hydrogens (tertiary/aromatic N) is 2. The minimum Gasteiger partial charge on any atom is -0.369 e. The highest BCUT2D eigenvalue weighted by Crippen LogP contribution is 2.65. The number of aliphatic imine (C=N–C) groups is 1. The van der Waals surface area contributed by atoms with Gasteiger partial charge in [0.25, 0.3) is 0 Å². The standard InChI is InChI=1S/C30H46N2O3/c1-18-14-25-27(32(17-18)21(4)33)20(3)29(35-25)12-8-22-6-7-26-28(5)11-10-24(34)15-23(28)9-13-30(22,26)31-19(2)16-29/h18,20,22-23,25-27H,6-17H2,1-5H3/t18-,20+,22-,23+,25?,26+,27-,28-,29-,30?/m0/s1. The lowest BCUT2D eigenvalue weighted by Gasteiger charge is -2.57. The number of hydrogen-bond donors (Lipinski definition) is 0. The molecule has 2 unspecified atom stereocenters. The van der Waals surface area contributed by atoms with Crippen molar-refractivity contribution in [1.82, 2.24) is 4.90 Å². The van der Waals surface area contributed by atoms with E-state index in [1.807, 2.05) is 0 Å². The van der Waals surface area contributed by atoms with E-state index in [0.29, 0.717) is 35.4 Å². The summed E-state index contributed by atoms with van der Waals surface area (Å²) in [5.41, 5.74) is 1.42. The molecule has 0 aromatic heterocycles. The van der Waals surface area contributed by atoms with E-state index in [0.717, 1.165) is 51.5 Å². The molecule has 2 spiro atoms. The smallest absolute Gasteiger partial charge is 0.219 e. The van der Waals surface area contributed by atoms with E-state index in [9.17, 15) is 9.59 Å². The molecule has 5 heteroatoms. The average molecular weight is 483 g/mol. The van der Waals surface area contributed by atoms with Crippen LogP contribution in [0.4, 0.5) is 0 Å². The molecule has 10 atom stereocenters. The summed E-state index contributed by atoms with van der Waals surface area (Å²) in [4.78, 5) is 32.7. The molecule has 3 saturated carbocycles. The first-order valence-corrected chi connectivity index (χ1v) is 14.6. The van der Waals surface area contributed by atoms with Crippen LogP contribution in [0.1, 0.15) is 105 Å². The molecule has 0 bridgehead atoms. The molecule has 0 N–H and O–H groups in total. The fourth-order valence-electron chi connectivity index (χ4n) is 10.4. The van der Waals surface area contributed by atoms with Gasteiger partial charge in [0.05, 0.1) is 23.3 Å². The molecular weight excluding hydrogens is 436 g/mol. The Labute approximate surface area is 211 Å². The van der Waals surface area contributed by atoms with E-state index in [1.54, 1.807) is 6.92 Å². The lowest BCUT2D eigenvalue weighted by atomic mass is 9.49. The van der Waals surface area contributed by atoms with Crippen molar-refractivity contribution >= 4 is 17.4 Å². The molecule has 1 amide bonds. The highest BCUT2D eigenvalue weighted by Gasteiger charge is 2.64. The first kappa shape index (κ1) is 24.1. The zero-order chi connectivity index (χ0) is 24.8. The summed E-state index contributed by atoms with van der Waals surface area (Å²) in [5.74, 6) is 3.31. The first-order chi connectivity index (χ1) is 16.6. The van der Waals surface area contributed by atoms with Gasteiger partial charge in [0.1, 0.15) is 5.78 Å². The Bertz CT molecular complexity index is 946. The molecule has 6 rings (SSSR count). The monoisotopic (exact) mass is 482 g/mol. The lowest BCUT2D eigenvalue weighted by Crippen LogP contribution is -2.56. The van der Waals surface area contributed by atoms with Gasteiger partial charge in [-0.25, -0.2) is 0 Å². The Kier molecular flexibility index (Phi) is 5.61. The average Bonchev–Trinajstić information content (AvgIpc) is 3.27. The highest BCUT2D eigenvalue weighted by atomic mass is 16.5. The molecule has 0 radical (unpaired) electrons. The van der Waals surface area contributed by atoms with Gasteiger partial charge in [0, 0.05) is 44.4 Å². The van der Waals surface area contributed by atoms with Crippen molar-refractivity contribution in [3.8, 4) is 0 Å². The van der Waals surface area contributed by atoms with E-state index in [2.05, 4.69) is 32.6 Å². The van der Waals surface area contributed by atoms with Crippen molar-refractivity contribution in [1.29, 1.82) is 0 Å². The third kappa shape index (κ3) is 3.45. The van der Waals surface area contributed by atoms with Gasteiger partial charge >= 0.3 is 0 Å². The number of hydrogen-bond acceptors (Lipinski definition) is 4. The third-order valence-electron chi connectivity index (χ3n) is 12.0. The summed E-state index contributed by atoms with van der Waals surface area (Å²) in [6.45, 7) is 12.0. The van der Waals surface area contributed by atoms with Gasteiger partial charge in [-0.1, -0.05) is 20.8 Å². The number of ether oxygens (including phenoxy) is 1. The number of amides is 1. The van der Waals surface area contributed by atoms with E-state index in [4.69, 9.17) is 9.73 Å². The molecule has 0 aromatic rings. The predicted molar refractivity (Wildman–Crippen MR) is 137 cm³/mol. The molecule has 2 saturated heterocycles. The SMILES string of the molecule is CC(=O)N1C[C@@H](C)CC2O[C@]3(CC[C@@H]4CC[C@H]5C4(CC[C@@H]4CC(=O)CC[C@@]45C)N=C(C)C3)[C@H](C)[C@@H]21. The maximum Gasteiger partial charge on any atom is 0.219 e. The number of rotatable bonds is 0. The topological polar surface area (TPSA) is 59.0 Å². The molecule has 0 aromatic carbocycles. The van der Waals surface area contributed by atoms with Crippen molar-refractivity contribution in [2.24, 2.45) is 40.0 Å². The molecular formula is C30H46N2O3. The Morgan fingerprint density at radius 3 is 2.63 bits per heavy atom. The van der Waals surface area contributed by atoms with Crippen LogP contribution in [0.2, 0.25) is 0 Å². The van der Waals surface area contributed by atoms with Crippen LogP contribution in [0.5, 0.6) is 0 Å². The molecule has 3 aliphatic heterocycles. The van der Waals surface area contributed by atoms with Crippen LogP contribution in [0.15, 0.2) is 4.99 Å². The molecule has 3 aliphatic carbocycles. The Morgan fingerprint density at radius 1 is 1.09 bits per heavy atom.